The molecule has 0 saturated heterocycles. The molecular weight excluding hydrogens is 212 g/mol. The van der Waals surface area contributed by atoms with E-state index >= 15 is 0 Å². The number of nitrogens with two attached hydrogens (primary N) is 1. The molecular formula is C14H20N2O. The second kappa shape index (κ2) is 7.72. The quantitative estimate of drug-likeness (QED) is 0.734. The molecule has 0 aromatic heterocycles. The number of hydrogen-bond acceptors (Lipinski definition) is 3. The predicted octanol–water partition coefficient (Wildman–Crippen LogP) is 1.70. The standard InChI is InChI=1S/C14H20N2O/c1-3-5-10-16-14(11-15)12-6-8-13(9-7-12)17-4-2/h6-9,14,16H,4,10-11,15H2,1-2H3. The first-order valence-electron chi connectivity index (χ1n) is 5.87. The molecule has 0 aliphatic carbocycles. The Morgan fingerprint density at radius 2 is 2.06 bits per heavy atom. The molecule has 0 amide bonds. The molecule has 0 bridgehead atoms. The highest BCUT2D eigenvalue weighted by molar-refractivity contribution is 5.29. The zero-order valence-corrected chi connectivity index (χ0v) is 10.5. The number of hydrogen-bond donors (Lipinski definition) is 2. The van der Waals surface area contributed by atoms with Crippen molar-refractivity contribution in [2.75, 3.05) is 19.7 Å². The Balaban J connectivity index is 2.63. The minimum Gasteiger partial charge on any atom is -0.494 e. The fourth-order valence-corrected chi connectivity index (χ4v) is 1.56. The van der Waals surface area contributed by atoms with Crippen LogP contribution >= 0.6 is 0 Å². The summed E-state index contributed by atoms with van der Waals surface area (Å²) in [6.45, 7) is 5.70. The molecule has 1 rings (SSSR count). The lowest BCUT2D eigenvalue weighted by Crippen LogP contribution is -2.28. The van der Waals surface area contributed by atoms with Crippen LogP contribution in [0.25, 0.3) is 0 Å². The zero-order valence-electron chi connectivity index (χ0n) is 10.5. The molecule has 0 saturated carbocycles. The van der Waals surface area contributed by atoms with E-state index in [0.717, 1.165) is 11.3 Å². The maximum Gasteiger partial charge on any atom is 0.119 e. The lowest BCUT2D eigenvalue weighted by molar-refractivity contribution is 0.340. The Kier molecular flexibility index (Phi) is 6.16. The number of ether oxygens (including phenoxy) is 1. The monoisotopic (exact) mass is 232 g/mol. The van der Waals surface area contributed by atoms with Gasteiger partial charge in [-0.2, -0.15) is 0 Å². The van der Waals surface area contributed by atoms with E-state index in [-0.39, 0.29) is 6.04 Å². The van der Waals surface area contributed by atoms with Gasteiger partial charge in [0.05, 0.1) is 13.2 Å². The van der Waals surface area contributed by atoms with Gasteiger partial charge in [-0.05, 0) is 31.5 Å². The van der Waals surface area contributed by atoms with Crippen LogP contribution in [0, 0.1) is 11.8 Å². The van der Waals surface area contributed by atoms with Gasteiger partial charge in [-0.15, -0.1) is 5.92 Å². The highest BCUT2D eigenvalue weighted by Gasteiger charge is 2.07. The Hall–Kier alpha value is -1.50. The topological polar surface area (TPSA) is 47.3 Å². The molecule has 0 fully saturated rings. The molecule has 3 nitrogen and oxygen atoms in total. The summed E-state index contributed by atoms with van der Waals surface area (Å²) >= 11 is 0. The first kappa shape index (κ1) is 13.6. The molecule has 0 radical (unpaired) electrons. The normalized spacial score (nSPS) is 11.5. The Labute approximate surface area is 103 Å². The summed E-state index contributed by atoms with van der Waals surface area (Å²) in [5.74, 6) is 6.71. The summed E-state index contributed by atoms with van der Waals surface area (Å²) in [4.78, 5) is 0. The van der Waals surface area contributed by atoms with Crippen LogP contribution in [0.1, 0.15) is 25.5 Å². The average Bonchev–Trinajstić information content (AvgIpc) is 2.36. The average molecular weight is 232 g/mol. The summed E-state index contributed by atoms with van der Waals surface area (Å²) in [6.07, 6.45) is 0. The SMILES string of the molecule is CC#CCNC(CN)c1ccc(OCC)cc1. The second-order valence-electron chi connectivity index (χ2n) is 3.60. The summed E-state index contributed by atoms with van der Waals surface area (Å²) in [5.41, 5.74) is 6.90. The van der Waals surface area contributed by atoms with Gasteiger partial charge >= 0.3 is 0 Å². The molecule has 3 heteroatoms. The van der Waals surface area contributed by atoms with Crippen molar-refractivity contribution < 1.29 is 4.74 Å². The fourth-order valence-electron chi connectivity index (χ4n) is 1.56. The van der Waals surface area contributed by atoms with Gasteiger partial charge in [0.1, 0.15) is 5.75 Å². The van der Waals surface area contributed by atoms with Crippen LogP contribution in [-0.4, -0.2) is 19.7 Å². The van der Waals surface area contributed by atoms with Crippen LogP contribution in [0.5, 0.6) is 5.75 Å². The van der Waals surface area contributed by atoms with Crippen LogP contribution in [0.3, 0.4) is 0 Å². The summed E-state index contributed by atoms with van der Waals surface area (Å²) in [5, 5.41) is 3.30. The van der Waals surface area contributed by atoms with Crippen LogP contribution < -0.4 is 15.8 Å². The van der Waals surface area contributed by atoms with Crippen molar-refractivity contribution in [1.29, 1.82) is 0 Å². The number of nitrogens with one attached hydrogen (secondary N) is 1. The minimum absolute atomic E-state index is 0.145. The van der Waals surface area contributed by atoms with E-state index in [4.69, 9.17) is 10.5 Å². The van der Waals surface area contributed by atoms with E-state index in [1.54, 1.807) is 0 Å². The smallest absolute Gasteiger partial charge is 0.119 e. The van der Waals surface area contributed by atoms with E-state index in [9.17, 15) is 0 Å². The highest BCUT2D eigenvalue weighted by atomic mass is 16.5. The second-order valence-corrected chi connectivity index (χ2v) is 3.60. The van der Waals surface area contributed by atoms with Gasteiger partial charge in [0.15, 0.2) is 0 Å². The minimum atomic E-state index is 0.145. The van der Waals surface area contributed by atoms with Crippen molar-refractivity contribution >= 4 is 0 Å². The molecule has 1 aromatic rings. The largest absolute Gasteiger partial charge is 0.494 e. The third kappa shape index (κ3) is 4.48. The van der Waals surface area contributed by atoms with Crippen molar-refractivity contribution in [3.05, 3.63) is 29.8 Å². The molecule has 0 spiro atoms. The van der Waals surface area contributed by atoms with E-state index in [1.165, 1.54) is 0 Å². The van der Waals surface area contributed by atoms with Crippen molar-refractivity contribution in [2.24, 2.45) is 5.73 Å². The van der Waals surface area contributed by atoms with Gasteiger partial charge in [0, 0.05) is 12.6 Å². The molecule has 0 heterocycles. The van der Waals surface area contributed by atoms with E-state index < -0.39 is 0 Å². The van der Waals surface area contributed by atoms with E-state index in [1.807, 2.05) is 38.1 Å². The molecule has 1 atom stereocenters. The first-order chi connectivity index (χ1) is 8.31. The predicted molar refractivity (Wildman–Crippen MR) is 70.9 cm³/mol. The lowest BCUT2D eigenvalue weighted by Gasteiger charge is -2.16. The van der Waals surface area contributed by atoms with Crippen LogP contribution in [0.4, 0.5) is 0 Å². The van der Waals surface area contributed by atoms with Gasteiger partial charge in [-0.3, -0.25) is 5.32 Å². The number of rotatable bonds is 6. The summed E-state index contributed by atoms with van der Waals surface area (Å²) in [6, 6.07) is 8.15. The van der Waals surface area contributed by atoms with Gasteiger partial charge in [0.25, 0.3) is 0 Å². The highest BCUT2D eigenvalue weighted by Crippen LogP contribution is 2.17. The molecule has 0 aliphatic heterocycles. The Morgan fingerprint density at radius 3 is 2.59 bits per heavy atom. The number of benzene rings is 1. The maximum atomic E-state index is 5.74. The molecule has 1 unspecified atom stereocenters. The van der Waals surface area contributed by atoms with Gasteiger partial charge in [-0.25, -0.2) is 0 Å². The van der Waals surface area contributed by atoms with Crippen LogP contribution in [0.15, 0.2) is 24.3 Å². The molecule has 92 valence electrons. The van der Waals surface area contributed by atoms with Gasteiger partial charge < -0.3 is 10.5 Å². The van der Waals surface area contributed by atoms with E-state index in [0.29, 0.717) is 19.7 Å². The van der Waals surface area contributed by atoms with Crippen molar-refractivity contribution in [1.82, 2.24) is 5.32 Å². The lowest BCUT2D eigenvalue weighted by atomic mass is 10.1. The zero-order chi connectivity index (χ0) is 12.5. The molecule has 1 aromatic carbocycles. The van der Waals surface area contributed by atoms with Crippen LogP contribution in [-0.2, 0) is 0 Å². The van der Waals surface area contributed by atoms with Gasteiger partial charge in [0.2, 0.25) is 0 Å². The van der Waals surface area contributed by atoms with Gasteiger partial charge in [-0.1, -0.05) is 18.1 Å². The van der Waals surface area contributed by atoms with Crippen molar-refractivity contribution in [3.8, 4) is 17.6 Å². The Bertz CT molecular complexity index is 375. The summed E-state index contributed by atoms with van der Waals surface area (Å²) < 4.78 is 5.40. The summed E-state index contributed by atoms with van der Waals surface area (Å²) in [7, 11) is 0. The third-order valence-corrected chi connectivity index (χ3v) is 2.44. The maximum absolute atomic E-state index is 5.74. The van der Waals surface area contributed by atoms with Crippen molar-refractivity contribution in [2.45, 2.75) is 19.9 Å². The van der Waals surface area contributed by atoms with E-state index in [2.05, 4.69) is 17.2 Å². The fraction of sp³-hybridized carbons (Fsp3) is 0.429. The Morgan fingerprint density at radius 1 is 1.35 bits per heavy atom. The molecule has 17 heavy (non-hydrogen) atoms. The third-order valence-electron chi connectivity index (χ3n) is 2.44. The molecule has 3 N–H and O–H groups in total. The first-order valence-corrected chi connectivity index (χ1v) is 5.87. The van der Waals surface area contributed by atoms with Crippen molar-refractivity contribution in [3.63, 3.8) is 0 Å². The van der Waals surface area contributed by atoms with Crippen LogP contribution in [0.2, 0.25) is 0 Å². The molecule has 0 aliphatic rings.